The van der Waals surface area contributed by atoms with Crippen molar-refractivity contribution in [2.24, 2.45) is 0 Å². The second-order valence-corrected chi connectivity index (χ2v) is 19.9. The van der Waals surface area contributed by atoms with Gasteiger partial charge in [-0.25, -0.2) is 0 Å². The predicted octanol–water partition coefficient (Wildman–Crippen LogP) is 18.0. The molecule has 3 aliphatic rings. The van der Waals surface area contributed by atoms with Crippen LogP contribution in [0.25, 0.3) is 110 Å². The van der Waals surface area contributed by atoms with E-state index in [-0.39, 0.29) is 5.41 Å². The van der Waals surface area contributed by atoms with Crippen LogP contribution in [0, 0.1) is 0 Å². The van der Waals surface area contributed by atoms with Gasteiger partial charge in [-0.3, -0.25) is 0 Å². The van der Waals surface area contributed by atoms with Gasteiger partial charge in [0.2, 0.25) is 0 Å². The highest BCUT2D eigenvalue weighted by Crippen LogP contribution is 2.64. The number of hydrogen-bond acceptors (Lipinski definition) is 0. The zero-order valence-electron chi connectivity index (χ0n) is 37.9. The van der Waals surface area contributed by atoms with Crippen LogP contribution < -0.4 is 0 Å². The fourth-order valence-electron chi connectivity index (χ4n) is 13.3. The Kier molecular flexibility index (Phi) is 7.59. The van der Waals surface area contributed by atoms with E-state index in [0.717, 1.165) is 0 Å². The maximum Gasteiger partial charge on any atom is 0.0731 e. The van der Waals surface area contributed by atoms with E-state index in [1.54, 1.807) is 0 Å². The van der Waals surface area contributed by atoms with Crippen molar-refractivity contribution in [3.05, 3.63) is 264 Å². The van der Waals surface area contributed by atoms with Crippen molar-refractivity contribution in [1.29, 1.82) is 0 Å². The Bertz CT molecular complexity index is 4060. The molecule has 0 bridgehead atoms. The lowest BCUT2D eigenvalue weighted by Gasteiger charge is -2.31. The minimum atomic E-state index is -0.422. The Hall–Kier alpha value is -8.32. The van der Waals surface area contributed by atoms with Crippen LogP contribution in [-0.4, -0.2) is 0 Å². The molecule has 0 amide bonds. The van der Waals surface area contributed by atoms with Crippen molar-refractivity contribution in [2.45, 2.75) is 24.7 Å². The molecule has 0 heterocycles. The van der Waals surface area contributed by atoms with Crippen LogP contribution in [0.1, 0.15) is 47.2 Å². The van der Waals surface area contributed by atoms with Crippen LogP contribution in [0.2, 0.25) is 0 Å². The minimum Gasteiger partial charge on any atom is -0.0619 e. The van der Waals surface area contributed by atoms with Crippen molar-refractivity contribution in [3.8, 4) is 66.8 Å². The topological polar surface area (TPSA) is 0 Å². The first-order chi connectivity index (χ1) is 33.5. The maximum atomic E-state index is 2.52. The van der Waals surface area contributed by atoms with E-state index in [0.29, 0.717) is 0 Å². The number of rotatable bonds is 3. The Labute approximate surface area is 396 Å². The van der Waals surface area contributed by atoms with Gasteiger partial charge in [0.15, 0.2) is 0 Å². The van der Waals surface area contributed by atoms with Crippen LogP contribution >= 0.6 is 0 Å². The number of benzene rings is 12. The Balaban J connectivity index is 0.870. The van der Waals surface area contributed by atoms with E-state index in [1.165, 1.54) is 143 Å². The Morgan fingerprint density at radius 2 is 0.721 bits per heavy atom. The van der Waals surface area contributed by atoms with Gasteiger partial charge < -0.3 is 0 Å². The molecule has 12 aromatic carbocycles. The van der Waals surface area contributed by atoms with Gasteiger partial charge in [0, 0.05) is 5.41 Å². The first-order valence-corrected chi connectivity index (χ1v) is 24.1. The van der Waals surface area contributed by atoms with Crippen molar-refractivity contribution >= 4 is 43.1 Å². The maximum absolute atomic E-state index is 2.52. The molecule has 12 aromatic rings. The summed E-state index contributed by atoms with van der Waals surface area (Å²) in [6.07, 6.45) is 0. The third-order valence-corrected chi connectivity index (χ3v) is 16.2. The van der Waals surface area contributed by atoms with Crippen LogP contribution in [0.4, 0.5) is 0 Å². The molecule has 0 N–H and O–H groups in total. The normalized spacial score (nSPS) is 14.3. The standard InChI is InChI=1S/C68H44/c1-67(2)59-24-12-9-17-49(59)52-35-34-46(39-62(52)67)65-55-22-7-5-20-53(55)64(54-21-6-8-23-56(54)65)43-29-27-41(28-30-43)44-31-32-45-38-58-57-36-33-42-15-3-4-16-48(42)66(57)68(63(58)40-47(45)37-44)60-25-13-10-18-50(60)51-19-11-14-26-61(51)68/h3-40H,1-2H3. The van der Waals surface area contributed by atoms with Crippen LogP contribution in [0.3, 0.4) is 0 Å². The third-order valence-electron chi connectivity index (χ3n) is 16.2. The van der Waals surface area contributed by atoms with Gasteiger partial charge >= 0.3 is 0 Å². The lowest BCUT2D eigenvalue weighted by Crippen LogP contribution is -2.26. The Morgan fingerprint density at radius 1 is 0.250 bits per heavy atom. The summed E-state index contributed by atoms with van der Waals surface area (Å²) in [5, 5.41) is 10.2. The quantitative estimate of drug-likeness (QED) is 0.155. The van der Waals surface area contributed by atoms with Gasteiger partial charge in [-0.05, 0) is 167 Å². The van der Waals surface area contributed by atoms with Crippen molar-refractivity contribution < 1.29 is 0 Å². The molecule has 0 aliphatic heterocycles. The summed E-state index contributed by atoms with van der Waals surface area (Å²) < 4.78 is 0. The molecule has 0 unspecified atom stereocenters. The number of hydrogen-bond donors (Lipinski definition) is 0. The molecule has 0 nitrogen and oxygen atoms in total. The first-order valence-electron chi connectivity index (χ1n) is 24.1. The summed E-state index contributed by atoms with van der Waals surface area (Å²) >= 11 is 0. The fourth-order valence-corrected chi connectivity index (χ4v) is 13.3. The van der Waals surface area contributed by atoms with E-state index in [2.05, 4.69) is 244 Å². The molecule has 0 saturated carbocycles. The van der Waals surface area contributed by atoms with Crippen molar-refractivity contribution in [1.82, 2.24) is 0 Å². The average molecular weight is 861 g/mol. The lowest BCUT2D eigenvalue weighted by molar-refractivity contribution is 0.660. The number of fused-ring (bicyclic) bond motifs is 18. The molecular formula is C68H44. The van der Waals surface area contributed by atoms with Gasteiger partial charge in [0.1, 0.15) is 0 Å². The van der Waals surface area contributed by atoms with Gasteiger partial charge in [0.25, 0.3) is 0 Å². The Morgan fingerprint density at radius 3 is 1.38 bits per heavy atom. The second kappa shape index (κ2) is 13.6. The van der Waals surface area contributed by atoms with Crippen molar-refractivity contribution in [2.75, 3.05) is 0 Å². The molecule has 68 heavy (non-hydrogen) atoms. The average Bonchev–Trinajstić information content (AvgIpc) is 3.95. The molecular weight excluding hydrogens is 817 g/mol. The SMILES string of the molecule is CC1(C)c2ccccc2-c2ccc(-c3c4ccccc4c(-c4ccc(-c5ccc6cc7c(cc6c5)C5(c6ccccc6-c6ccccc65)c5c-7ccc6ccccc56)cc4)c4ccccc34)cc21. The van der Waals surface area contributed by atoms with Crippen molar-refractivity contribution in [3.63, 3.8) is 0 Å². The van der Waals surface area contributed by atoms with E-state index in [4.69, 9.17) is 0 Å². The minimum absolute atomic E-state index is 0.0713. The van der Waals surface area contributed by atoms with Gasteiger partial charge in [0.05, 0.1) is 5.41 Å². The predicted molar refractivity (Wildman–Crippen MR) is 287 cm³/mol. The molecule has 0 fully saturated rings. The van der Waals surface area contributed by atoms with E-state index < -0.39 is 5.41 Å². The highest BCUT2D eigenvalue weighted by Gasteiger charge is 2.52. The summed E-state index contributed by atoms with van der Waals surface area (Å²) in [6.45, 7) is 4.75. The van der Waals surface area contributed by atoms with Gasteiger partial charge in [-0.1, -0.05) is 220 Å². The summed E-state index contributed by atoms with van der Waals surface area (Å²) in [4.78, 5) is 0. The molecule has 0 aromatic heterocycles. The zero-order valence-corrected chi connectivity index (χ0v) is 37.9. The summed E-state index contributed by atoms with van der Waals surface area (Å²) in [7, 11) is 0. The van der Waals surface area contributed by atoms with Crippen LogP contribution in [0.15, 0.2) is 231 Å². The van der Waals surface area contributed by atoms with Crippen LogP contribution in [-0.2, 0) is 10.8 Å². The molecule has 15 rings (SSSR count). The summed E-state index contributed by atoms with van der Waals surface area (Å²) in [5.41, 5.74) is 23.4. The highest BCUT2D eigenvalue weighted by atomic mass is 14.5. The van der Waals surface area contributed by atoms with Gasteiger partial charge in [-0.2, -0.15) is 0 Å². The summed E-state index contributed by atoms with van der Waals surface area (Å²) in [6, 6.07) is 87.5. The molecule has 0 heteroatoms. The van der Waals surface area contributed by atoms with E-state index in [1.807, 2.05) is 0 Å². The monoisotopic (exact) mass is 860 g/mol. The zero-order chi connectivity index (χ0) is 44.9. The second-order valence-electron chi connectivity index (χ2n) is 19.9. The molecule has 0 radical (unpaired) electrons. The fraction of sp³-hybridized carbons (Fsp3) is 0.0588. The summed E-state index contributed by atoms with van der Waals surface area (Å²) in [5.74, 6) is 0. The molecule has 0 atom stereocenters. The lowest BCUT2D eigenvalue weighted by atomic mass is 9.69. The van der Waals surface area contributed by atoms with E-state index >= 15 is 0 Å². The molecule has 0 saturated heterocycles. The van der Waals surface area contributed by atoms with Gasteiger partial charge in [-0.15, -0.1) is 0 Å². The van der Waals surface area contributed by atoms with Crippen LogP contribution in [0.5, 0.6) is 0 Å². The highest BCUT2D eigenvalue weighted by molar-refractivity contribution is 6.21. The van der Waals surface area contributed by atoms with E-state index in [9.17, 15) is 0 Å². The smallest absolute Gasteiger partial charge is 0.0619 e. The first kappa shape index (κ1) is 37.9. The third kappa shape index (κ3) is 4.89. The molecule has 1 spiro atoms. The molecule has 3 aliphatic carbocycles. The largest absolute Gasteiger partial charge is 0.0731 e. The molecule has 316 valence electrons.